The quantitative estimate of drug-likeness (QED) is 0.598. The molecule has 1 aliphatic rings. The number of urea groups is 1. The van der Waals surface area contributed by atoms with Crippen molar-refractivity contribution in [1.82, 2.24) is 15.3 Å². The third-order valence-corrected chi connectivity index (χ3v) is 4.78. The molecule has 3 amide bonds. The van der Waals surface area contributed by atoms with Crippen molar-refractivity contribution >= 4 is 18.0 Å². The molecular weight excluding hydrogens is 354 g/mol. The van der Waals surface area contributed by atoms with Gasteiger partial charge in [0.1, 0.15) is 5.75 Å². The van der Waals surface area contributed by atoms with Crippen molar-refractivity contribution in [3.05, 3.63) is 34.4 Å². The van der Waals surface area contributed by atoms with Crippen LogP contribution in [0.4, 0.5) is 4.79 Å². The van der Waals surface area contributed by atoms with Gasteiger partial charge in [-0.25, -0.2) is 9.80 Å². The van der Waals surface area contributed by atoms with E-state index in [1.807, 2.05) is 18.2 Å². The number of likely N-dealkylation sites (tertiary alicyclic amines) is 1. The third-order valence-electron chi connectivity index (χ3n) is 4.78. The maximum absolute atomic E-state index is 12.7. The van der Waals surface area contributed by atoms with Crippen molar-refractivity contribution in [1.29, 1.82) is 0 Å². The molecule has 0 radical (unpaired) electrons. The Labute approximate surface area is 168 Å². The summed E-state index contributed by atoms with van der Waals surface area (Å²) < 4.78 is 0. The number of nitrogens with zero attached hydrogens (tertiary/aromatic N) is 2. The summed E-state index contributed by atoms with van der Waals surface area (Å²) >= 11 is 0. The third kappa shape index (κ3) is 4.73. The fourth-order valence-electron chi connectivity index (χ4n) is 3.28. The monoisotopic (exact) mass is 387 g/mol. The molecule has 0 atom stereocenters. The highest BCUT2D eigenvalue weighted by molar-refractivity contribution is 6.08. The van der Waals surface area contributed by atoms with E-state index in [0.29, 0.717) is 24.3 Å². The lowest BCUT2D eigenvalue weighted by atomic mass is 9.78. The fourth-order valence-corrected chi connectivity index (χ4v) is 3.28. The molecule has 0 unspecified atom stereocenters. The first-order valence-corrected chi connectivity index (χ1v) is 9.60. The Hall–Kier alpha value is -2.34. The van der Waals surface area contributed by atoms with Gasteiger partial charge in [0.2, 0.25) is 0 Å². The lowest BCUT2D eigenvalue weighted by Gasteiger charge is -2.28. The predicted molar refractivity (Wildman–Crippen MR) is 112 cm³/mol. The fraction of sp³-hybridized carbons (Fsp3) is 0.545. The van der Waals surface area contributed by atoms with Crippen LogP contribution in [-0.2, 0) is 15.6 Å². The number of imide groups is 1. The SMILES string of the molecule is CN(C)NC(=O)N1CC/C(=C/c2cc(C(C)(C)C)c(O)c(C(C)(C)C)c2)C1=O. The summed E-state index contributed by atoms with van der Waals surface area (Å²) in [5.41, 5.74) is 5.28. The summed E-state index contributed by atoms with van der Waals surface area (Å²) in [5.74, 6) is 0.0360. The van der Waals surface area contributed by atoms with Crippen molar-refractivity contribution < 1.29 is 14.7 Å². The number of hydrazine groups is 1. The van der Waals surface area contributed by atoms with Crippen LogP contribution in [0.5, 0.6) is 5.75 Å². The van der Waals surface area contributed by atoms with Crippen LogP contribution in [0.2, 0.25) is 0 Å². The van der Waals surface area contributed by atoms with Crippen molar-refractivity contribution in [2.24, 2.45) is 0 Å². The zero-order chi connectivity index (χ0) is 21.4. The Kier molecular flexibility index (Phi) is 5.95. The lowest BCUT2D eigenvalue weighted by molar-refractivity contribution is -0.122. The second-order valence-corrected chi connectivity index (χ2v) is 9.65. The second kappa shape index (κ2) is 7.59. The largest absolute Gasteiger partial charge is 0.507 e. The van der Waals surface area contributed by atoms with Crippen LogP contribution in [0.3, 0.4) is 0 Å². The molecule has 154 valence electrons. The summed E-state index contributed by atoms with van der Waals surface area (Å²) in [6.07, 6.45) is 2.35. The van der Waals surface area contributed by atoms with E-state index in [-0.39, 0.29) is 16.7 Å². The van der Waals surface area contributed by atoms with Gasteiger partial charge in [-0.15, -0.1) is 0 Å². The van der Waals surface area contributed by atoms with Gasteiger partial charge in [-0.3, -0.25) is 15.1 Å². The molecule has 1 saturated heterocycles. The van der Waals surface area contributed by atoms with Crippen LogP contribution in [0.15, 0.2) is 17.7 Å². The summed E-state index contributed by atoms with van der Waals surface area (Å²) in [6.45, 7) is 12.7. The summed E-state index contributed by atoms with van der Waals surface area (Å²) in [4.78, 5) is 26.1. The van der Waals surface area contributed by atoms with E-state index in [1.165, 1.54) is 9.91 Å². The van der Waals surface area contributed by atoms with Gasteiger partial charge in [0.05, 0.1) is 0 Å². The molecule has 0 aromatic heterocycles. The number of rotatable bonds is 2. The molecular formula is C22H33N3O3. The lowest BCUT2D eigenvalue weighted by Crippen LogP contribution is -2.46. The number of aromatic hydroxyl groups is 1. The number of phenolic OH excluding ortho intramolecular Hbond substituents is 1. The molecule has 0 aliphatic carbocycles. The molecule has 28 heavy (non-hydrogen) atoms. The Morgan fingerprint density at radius 2 is 1.61 bits per heavy atom. The van der Waals surface area contributed by atoms with Crippen LogP contribution in [0, 0.1) is 0 Å². The highest BCUT2D eigenvalue weighted by atomic mass is 16.3. The molecule has 0 saturated carbocycles. The van der Waals surface area contributed by atoms with Gasteiger partial charge < -0.3 is 5.11 Å². The van der Waals surface area contributed by atoms with Crippen LogP contribution in [0.1, 0.15) is 64.7 Å². The van der Waals surface area contributed by atoms with Gasteiger partial charge >= 0.3 is 6.03 Å². The average molecular weight is 388 g/mol. The minimum Gasteiger partial charge on any atom is -0.507 e. The highest BCUT2D eigenvalue weighted by Crippen LogP contribution is 2.40. The molecule has 0 bridgehead atoms. The van der Waals surface area contributed by atoms with E-state index in [1.54, 1.807) is 14.1 Å². The first-order valence-electron chi connectivity index (χ1n) is 9.60. The van der Waals surface area contributed by atoms with E-state index in [0.717, 1.165) is 16.7 Å². The van der Waals surface area contributed by atoms with Crippen LogP contribution < -0.4 is 5.43 Å². The first-order chi connectivity index (χ1) is 12.7. The number of carbonyl (C=O) groups excluding carboxylic acids is 2. The standard InChI is InChI=1S/C22H33N3O3/c1-21(2,3)16-12-14(13-17(18(16)26)22(4,5)6)11-15-9-10-25(19(15)27)20(28)23-24(7)8/h11-13,26H,9-10H2,1-8H3,(H,23,28)/b15-11-. The van der Waals surface area contributed by atoms with Crippen LogP contribution in [0.25, 0.3) is 6.08 Å². The van der Waals surface area contributed by atoms with Gasteiger partial charge in [-0.2, -0.15) is 0 Å². The van der Waals surface area contributed by atoms with E-state index >= 15 is 0 Å². The highest BCUT2D eigenvalue weighted by Gasteiger charge is 2.32. The molecule has 1 fully saturated rings. The smallest absolute Gasteiger partial charge is 0.338 e. The number of phenols is 1. The molecule has 2 N–H and O–H groups in total. The normalized spacial score (nSPS) is 17.0. The number of hydrogen-bond donors (Lipinski definition) is 2. The molecule has 1 aromatic carbocycles. The van der Waals surface area contributed by atoms with E-state index in [4.69, 9.17) is 0 Å². The topological polar surface area (TPSA) is 72.9 Å². The molecule has 1 heterocycles. The molecule has 6 nitrogen and oxygen atoms in total. The Bertz CT molecular complexity index is 776. The molecule has 0 spiro atoms. The molecule has 6 heteroatoms. The Morgan fingerprint density at radius 3 is 2.04 bits per heavy atom. The summed E-state index contributed by atoms with van der Waals surface area (Å²) in [6, 6.07) is 3.45. The van der Waals surface area contributed by atoms with Crippen molar-refractivity contribution in [3.8, 4) is 5.75 Å². The summed E-state index contributed by atoms with van der Waals surface area (Å²) in [7, 11) is 3.40. The van der Waals surface area contributed by atoms with Gasteiger partial charge in [0.15, 0.2) is 0 Å². The van der Waals surface area contributed by atoms with Gasteiger partial charge in [-0.1, -0.05) is 41.5 Å². The number of hydrogen-bond acceptors (Lipinski definition) is 4. The minimum atomic E-state index is -0.421. The van der Waals surface area contributed by atoms with E-state index < -0.39 is 6.03 Å². The van der Waals surface area contributed by atoms with Crippen molar-refractivity contribution in [3.63, 3.8) is 0 Å². The number of nitrogens with one attached hydrogen (secondary N) is 1. The van der Waals surface area contributed by atoms with E-state index in [2.05, 4.69) is 47.0 Å². The average Bonchev–Trinajstić information content (AvgIpc) is 2.87. The number of benzene rings is 1. The minimum absolute atomic E-state index is 0.240. The van der Waals surface area contributed by atoms with Gasteiger partial charge in [-0.05, 0) is 41.0 Å². The van der Waals surface area contributed by atoms with E-state index in [9.17, 15) is 14.7 Å². The number of amides is 3. The van der Waals surface area contributed by atoms with Crippen LogP contribution >= 0.6 is 0 Å². The zero-order valence-corrected chi connectivity index (χ0v) is 18.3. The molecule has 1 aliphatic heterocycles. The second-order valence-electron chi connectivity index (χ2n) is 9.65. The number of carbonyl (C=O) groups is 2. The summed E-state index contributed by atoms with van der Waals surface area (Å²) in [5, 5.41) is 12.4. The van der Waals surface area contributed by atoms with Gasteiger partial charge in [0.25, 0.3) is 5.91 Å². The molecule has 1 aromatic rings. The zero-order valence-electron chi connectivity index (χ0n) is 18.3. The van der Waals surface area contributed by atoms with Crippen molar-refractivity contribution in [2.45, 2.75) is 58.8 Å². The van der Waals surface area contributed by atoms with Crippen molar-refractivity contribution in [2.75, 3.05) is 20.6 Å². The maximum Gasteiger partial charge on any atom is 0.338 e. The first kappa shape index (κ1) is 22.0. The van der Waals surface area contributed by atoms with Gasteiger partial charge in [0, 0.05) is 37.3 Å². The Balaban J connectivity index is 2.46. The molecule has 2 rings (SSSR count). The van der Waals surface area contributed by atoms with Crippen LogP contribution in [-0.4, -0.2) is 47.6 Å². The predicted octanol–water partition coefficient (Wildman–Crippen LogP) is 3.79. The maximum atomic E-state index is 12.7. The Morgan fingerprint density at radius 1 is 1.11 bits per heavy atom.